The average Bonchev–Trinajstić information content (AvgIpc) is 2.84. The van der Waals surface area contributed by atoms with Crippen molar-refractivity contribution in [2.24, 2.45) is 0 Å². The predicted octanol–water partition coefficient (Wildman–Crippen LogP) is 1.90. The van der Waals surface area contributed by atoms with Crippen molar-refractivity contribution in [1.29, 1.82) is 0 Å². The molecule has 0 amide bonds. The molecule has 0 fully saturated rings. The van der Waals surface area contributed by atoms with E-state index in [0.29, 0.717) is 16.6 Å². The van der Waals surface area contributed by atoms with Crippen molar-refractivity contribution in [2.75, 3.05) is 11.5 Å². The molecule has 0 aliphatic heterocycles. The Hall–Kier alpha value is -0.790. The van der Waals surface area contributed by atoms with E-state index in [1.54, 1.807) is 11.8 Å². The highest BCUT2D eigenvalue weighted by molar-refractivity contribution is 8.01. The van der Waals surface area contributed by atoms with Gasteiger partial charge in [0.15, 0.2) is 10.9 Å². The van der Waals surface area contributed by atoms with Crippen LogP contribution in [0.2, 0.25) is 0 Å². The summed E-state index contributed by atoms with van der Waals surface area (Å²) in [5.41, 5.74) is 5.81. The molecule has 0 aliphatic rings. The standard InChI is InChI=1S/C9H11N2O4PS2/c1-2-17-8-7(11-9(10)18-8)5-3-4-6(15-5)16(12,13)14/h3-4H,2H2,1H3,(H2,10,11)(H2,12,13,14). The van der Waals surface area contributed by atoms with Gasteiger partial charge in [-0.3, -0.25) is 4.57 Å². The van der Waals surface area contributed by atoms with Crippen LogP contribution in [0.25, 0.3) is 11.5 Å². The number of aromatic nitrogens is 1. The van der Waals surface area contributed by atoms with E-state index in [1.165, 1.54) is 23.5 Å². The summed E-state index contributed by atoms with van der Waals surface area (Å²) >= 11 is 2.88. The highest BCUT2D eigenvalue weighted by atomic mass is 32.2. The summed E-state index contributed by atoms with van der Waals surface area (Å²) in [6.45, 7) is 1.99. The Balaban J connectivity index is 2.42. The Kier molecular flexibility index (Phi) is 3.84. The molecule has 9 heteroatoms. The Bertz CT molecular complexity index is 603. The van der Waals surface area contributed by atoms with Gasteiger partial charge >= 0.3 is 7.60 Å². The van der Waals surface area contributed by atoms with Crippen LogP contribution in [0.15, 0.2) is 20.8 Å². The summed E-state index contributed by atoms with van der Waals surface area (Å²) in [6, 6.07) is 2.74. The van der Waals surface area contributed by atoms with Crippen molar-refractivity contribution in [3.05, 3.63) is 12.1 Å². The number of thioether (sulfide) groups is 1. The number of nitrogens with zero attached hydrogens (tertiary/aromatic N) is 1. The molecular formula is C9H11N2O4PS2. The van der Waals surface area contributed by atoms with Gasteiger partial charge in [-0.25, -0.2) is 4.98 Å². The van der Waals surface area contributed by atoms with Crippen LogP contribution in [-0.4, -0.2) is 20.5 Å². The summed E-state index contributed by atoms with van der Waals surface area (Å²) in [4.78, 5) is 22.1. The van der Waals surface area contributed by atoms with E-state index in [-0.39, 0.29) is 5.50 Å². The normalized spacial score (nSPS) is 11.9. The van der Waals surface area contributed by atoms with Crippen LogP contribution < -0.4 is 11.2 Å². The first-order valence-corrected chi connectivity index (χ1v) is 8.38. The zero-order valence-corrected chi connectivity index (χ0v) is 11.9. The van der Waals surface area contributed by atoms with Crippen LogP contribution in [0.3, 0.4) is 0 Å². The average molecular weight is 306 g/mol. The SMILES string of the molecule is CCSc1sc(N)nc1-c1ccc(P(=O)(O)O)o1. The Labute approximate surface area is 111 Å². The van der Waals surface area contributed by atoms with Gasteiger partial charge in [-0.2, -0.15) is 0 Å². The molecular weight excluding hydrogens is 295 g/mol. The third-order valence-electron chi connectivity index (χ3n) is 2.00. The van der Waals surface area contributed by atoms with Crippen molar-refractivity contribution in [2.45, 2.75) is 11.1 Å². The minimum atomic E-state index is -4.37. The van der Waals surface area contributed by atoms with E-state index < -0.39 is 7.60 Å². The van der Waals surface area contributed by atoms with E-state index in [9.17, 15) is 4.57 Å². The second-order valence-corrected chi connectivity index (χ2v) is 7.40. The van der Waals surface area contributed by atoms with Crippen LogP contribution in [0.1, 0.15) is 6.92 Å². The van der Waals surface area contributed by atoms with Crippen molar-refractivity contribution in [1.82, 2.24) is 4.98 Å². The van der Waals surface area contributed by atoms with Gasteiger partial charge in [0.05, 0.1) is 4.21 Å². The second kappa shape index (κ2) is 5.07. The van der Waals surface area contributed by atoms with E-state index >= 15 is 0 Å². The lowest BCUT2D eigenvalue weighted by atomic mass is 10.4. The summed E-state index contributed by atoms with van der Waals surface area (Å²) in [7, 11) is -4.37. The number of nitrogens with two attached hydrogens (primary N) is 1. The molecule has 0 saturated heterocycles. The number of thiazole rings is 1. The molecule has 6 nitrogen and oxygen atoms in total. The van der Waals surface area contributed by atoms with Gasteiger partial charge in [-0.1, -0.05) is 18.3 Å². The van der Waals surface area contributed by atoms with Gasteiger partial charge in [-0.15, -0.1) is 11.8 Å². The zero-order chi connectivity index (χ0) is 13.3. The van der Waals surface area contributed by atoms with Crippen LogP contribution in [-0.2, 0) is 4.57 Å². The first kappa shape index (κ1) is 13.6. The second-order valence-electron chi connectivity index (χ2n) is 3.30. The minimum Gasteiger partial charge on any atom is -0.446 e. The maximum absolute atomic E-state index is 11.0. The van der Waals surface area contributed by atoms with E-state index in [4.69, 9.17) is 19.9 Å². The Morgan fingerprint density at radius 3 is 2.83 bits per heavy atom. The summed E-state index contributed by atoms with van der Waals surface area (Å²) in [5, 5.41) is 0.398. The first-order valence-electron chi connectivity index (χ1n) is 4.97. The summed E-state index contributed by atoms with van der Waals surface area (Å²) in [6.07, 6.45) is 0. The summed E-state index contributed by atoms with van der Waals surface area (Å²) < 4.78 is 17.1. The van der Waals surface area contributed by atoms with Crippen LogP contribution in [0, 0.1) is 0 Å². The minimum absolute atomic E-state index is 0.317. The number of furan rings is 1. The molecule has 4 N–H and O–H groups in total. The fraction of sp³-hybridized carbons (Fsp3) is 0.222. The van der Waals surface area contributed by atoms with Crippen molar-refractivity contribution in [3.63, 3.8) is 0 Å². The van der Waals surface area contributed by atoms with E-state index in [1.807, 2.05) is 6.92 Å². The lowest BCUT2D eigenvalue weighted by molar-refractivity contribution is 0.377. The lowest BCUT2D eigenvalue weighted by Crippen LogP contribution is -1.98. The fourth-order valence-corrected chi connectivity index (χ4v) is 3.76. The molecule has 0 unspecified atom stereocenters. The third-order valence-corrected chi connectivity index (χ3v) is 4.84. The number of nitrogen functional groups attached to an aromatic ring is 1. The fourth-order valence-electron chi connectivity index (χ4n) is 1.32. The third kappa shape index (κ3) is 2.78. The van der Waals surface area contributed by atoms with Crippen molar-refractivity contribution >= 4 is 41.3 Å². The van der Waals surface area contributed by atoms with Gasteiger partial charge in [-0.05, 0) is 17.9 Å². The highest BCUT2D eigenvalue weighted by Crippen LogP contribution is 2.40. The molecule has 0 bridgehead atoms. The van der Waals surface area contributed by atoms with Crippen molar-refractivity contribution in [3.8, 4) is 11.5 Å². The number of hydrogen-bond acceptors (Lipinski definition) is 6. The quantitative estimate of drug-likeness (QED) is 0.584. The monoisotopic (exact) mass is 306 g/mol. The molecule has 0 aliphatic carbocycles. The topological polar surface area (TPSA) is 110 Å². The molecule has 0 saturated carbocycles. The van der Waals surface area contributed by atoms with Crippen molar-refractivity contribution < 1.29 is 18.8 Å². The van der Waals surface area contributed by atoms with Gasteiger partial charge in [0.2, 0.25) is 5.50 Å². The van der Waals surface area contributed by atoms with Gasteiger partial charge in [0.25, 0.3) is 0 Å². The maximum Gasteiger partial charge on any atom is 0.391 e. The molecule has 18 heavy (non-hydrogen) atoms. The molecule has 2 aromatic rings. The molecule has 2 aromatic heterocycles. The first-order chi connectivity index (χ1) is 8.41. The van der Waals surface area contributed by atoms with Gasteiger partial charge in [0, 0.05) is 0 Å². The highest BCUT2D eigenvalue weighted by Gasteiger charge is 2.24. The molecule has 2 rings (SSSR count). The zero-order valence-electron chi connectivity index (χ0n) is 9.36. The number of rotatable bonds is 4. The molecule has 0 aromatic carbocycles. The van der Waals surface area contributed by atoms with Gasteiger partial charge < -0.3 is 19.9 Å². The Morgan fingerprint density at radius 2 is 2.28 bits per heavy atom. The Morgan fingerprint density at radius 1 is 1.56 bits per heavy atom. The van der Waals surface area contributed by atoms with Crippen LogP contribution in [0.4, 0.5) is 5.13 Å². The molecule has 0 atom stereocenters. The lowest BCUT2D eigenvalue weighted by Gasteiger charge is -1.99. The smallest absolute Gasteiger partial charge is 0.391 e. The van der Waals surface area contributed by atoms with E-state index in [0.717, 1.165) is 9.96 Å². The number of hydrogen-bond donors (Lipinski definition) is 3. The summed E-state index contributed by atoms with van der Waals surface area (Å²) in [5.74, 6) is 1.16. The molecule has 98 valence electrons. The maximum atomic E-state index is 11.0. The van der Waals surface area contributed by atoms with Gasteiger partial charge in [0.1, 0.15) is 5.69 Å². The molecule has 0 spiro atoms. The predicted molar refractivity (Wildman–Crippen MR) is 72.3 cm³/mol. The molecule has 2 heterocycles. The van der Waals surface area contributed by atoms with Crippen LogP contribution in [0.5, 0.6) is 0 Å². The number of anilines is 1. The van der Waals surface area contributed by atoms with E-state index in [2.05, 4.69) is 4.98 Å². The largest absolute Gasteiger partial charge is 0.446 e. The molecule has 0 radical (unpaired) electrons. The van der Waals surface area contributed by atoms with Crippen LogP contribution >= 0.6 is 30.7 Å².